The minimum atomic E-state index is 0.470. The van der Waals surface area contributed by atoms with Crippen LogP contribution in [0, 0.1) is 17.2 Å². The second-order valence-electron chi connectivity index (χ2n) is 4.24. The number of nitriles is 1. The van der Waals surface area contributed by atoms with Crippen molar-refractivity contribution in [3.8, 4) is 6.07 Å². The van der Waals surface area contributed by atoms with Crippen molar-refractivity contribution < 1.29 is 4.74 Å². The van der Waals surface area contributed by atoms with Gasteiger partial charge in [-0.25, -0.2) is 0 Å². The van der Waals surface area contributed by atoms with Crippen molar-refractivity contribution in [1.82, 2.24) is 4.90 Å². The number of nitrogens with zero attached hydrogens (tertiary/aromatic N) is 2. The summed E-state index contributed by atoms with van der Waals surface area (Å²) in [5.41, 5.74) is 0. The van der Waals surface area contributed by atoms with Crippen molar-refractivity contribution in [1.29, 1.82) is 5.26 Å². The maximum Gasteiger partial charge on any atom is 0.0868 e. The van der Waals surface area contributed by atoms with Crippen LogP contribution in [0.25, 0.3) is 0 Å². The second kappa shape index (κ2) is 6.00. The maximum absolute atomic E-state index is 8.70. The number of rotatable bonds is 4. The van der Waals surface area contributed by atoms with E-state index in [-0.39, 0.29) is 0 Å². The normalized spacial score (nSPS) is 18.8. The van der Waals surface area contributed by atoms with Gasteiger partial charge in [0.05, 0.1) is 12.6 Å². The van der Waals surface area contributed by atoms with Gasteiger partial charge < -0.3 is 4.74 Å². The summed E-state index contributed by atoms with van der Waals surface area (Å²) in [7, 11) is 0. The van der Waals surface area contributed by atoms with Crippen LogP contribution in [0.1, 0.15) is 26.7 Å². The Morgan fingerprint density at radius 1 is 1.43 bits per heavy atom. The first-order valence-corrected chi connectivity index (χ1v) is 5.42. The third kappa shape index (κ3) is 3.65. The summed E-state index contributed by atoms with van der Waals surface area (Å²) in [5, 5.41) is 8.70. The van der Waals surface area contributed by atoms with Crippen LogP contribution in [0.15, 0.2) is 0 Å². The van der Waals surface area contributed by atoms with Crippen molar-refractivity contribution in [2.75, 3.05) is 26.3 Å². The minimum absolute atomic E-state index is 0.470. The van der Waals surface area contributed by atoms with Crippen LogP contribution in [0.3, 0.4) is 0 Å². The van der Waals surface area contributed by atoms with Crippen molar-refractivity contribution in [2.45, 2.75) is 32.7 Å². The summed E-state index contributed by atoms with van der Waals surface area (Å²) >= 11 is 0. The van der Waals surface area contributed by atoms with E-state index in [4.69, 9.17) is 10.00 Å². The van der Waals surface area contributed by atoms with Crippen LogP contribution in [0.2, 0.25) is 0 Å². The van der Waals surface area contributed by atoms with Crippen LogP contribution in [0.5, 0.6) is 0 Å². The zero-order chi connectivity index (χ0) is 10.4. The summed E-state index contributed by atoms with van der Waals surface area (Å²) in [6.07, 6.45) is 2.29. The van der Waals surface area contributed by atoms with E-state index in [9.17, 15) is 0 Å². The van der Waals surface area contributed by atoms with E-state index in [1.807, 2.05) is 0 Å². The smallest absolute Gasteiger partial charge is 0.0868 e. The predicted molar refractivity (Wildman–Crippen MR) is 55.9 cm³/mol. The molecule has 0 aliphatic carbocycles. The summed E-state index contributed by atoms with van der Waals surface area (Å²) in [6.45, 7) is 7.68. The van der Waals surface area contributed by atoms with Gasteiger partial charge in [-0.3, -0.25) is 4.90 Å². The molecule has 0 N–H and O–H groups in total. The van der Waals surface area contributed by atoms with Crippen LogP contribution < -0.4 is 0 Å². The molecule has 1 aliphatic heterocycles. The maximum atomic E-state index is 8.70. The molecule has 1 heterocycles. The average molecular weight is 196 g/mol. The molecule has 3 nitrogen and oxygen atoms in total. The summed E-state index contributed by atoms with van der Waals surface area (Å²) in [6, 6.07) is 2.70. The molecule has 0 aromatic rings. The highest BCUT2D eigenvalue weighted by molar-refractivity contribution is 4.80. The average Bonchev–Trinajstić information content (AvgIpc) is 2.18. The highest BCUT2D eigenvalue weighted by Gasteiger charge is 2.18. The number of ether oxygens (including phenoxy) is 1. The molecular weight excluding hydrogens is 176 g/mol. The zero-order valence-electron chi connectivity index (χ0n) is 9.20. The van der Waals surface area contributed by atoms with E-state index in [1.54, 1.807) is 0 Å². The topological polar surface area (TPSA) is 36.3 Å². The first-order valence-electron chi connectivity index (χ1n) is 5.42. The lowest BCUT2D eigenvalue weighted by Crippen LogP contribution is -2.37. The van der Waals surface area contributed by atoms with Crippen LogP contribution in [0.4, 0.5) is 0 Å². The molecule has 0 radical (unpaired) electrons. The first kappa shape index (κ1) is 11.5. The fourth-order valence-electron chi connectivity index (χ4n) is 1.81. The summed E-state index contributed by atoms with van der Waals surface area (Å²) in [4.78, 5) is 2.25. The second-order valence-corrected chi connectivity index (χ2v) is 4.24. The Balaban J connectivity index is 2.34. The van der Waals surface area contributed by atoms with Gasteiger partial charge in [-0.15, -0.1) is 0 Å². The SMILES string of the molecule is CC(C)N(CC#N)CC1CCOCC1. The number of hydrogen-bond donors (Lipinski definition) is 0. The van der Waals surface area contributed by atoms with E-state index in [0.29, 0.717) is 12.6 Å². The van der Waals surface area contributed by atoms with E-state index in [1.165, 1.54) is 0 Å². The third-order valence-electron chi connectivity index (χ3n) is 2.84. The molecule has 14 heavy (non-hydrogen) atoms. The molecule has 3 heteroatoms. The van der Waals surface area contributed by atoms with Crippen LogP contribution in [-0.2, 0) is 4.74 Å². The molecule has 1 rings (SSSR count). The van der Waals surface area contributed by atoms with Crippen molar-refractivity contribution in [3.05, 3.63) is 0 Å². The molecule has 0 aromatic heterocycles. The van der Waals surface area contributed by atoms with Gasteiger partial charge in [0, 0.05) is 25.8 Å². The quantitative estimate of drug-likeness (QED) is 0.641. The van der Waals surface area contributed by atoms with Crippen LogP contribution >= 0.6 is 0 Å². The molecule has 0 spiro atoms. The van der Waals surface area contributed by atoms with Crippen LogP contribution in [-0.4, -0.2) is 37.2 Å². The molecule has 0 amide bonds. The molecule has 1 fully saturated rings. The highest BCUT2D eigenvalue weighted by Crippen LogP contribution is 2.16. The Morgan fingerprint density at radius 2 is 2.07 bits per heavy atom. The van der Waals surface area contributed by atoms with Crippen molar-refractivity contribution in [2.24, 2.45) is 5.92 Å². The van der Waals surface area contributed by atoms with E-state index >= 15 is 0 Å². The van der Waals surface area contributed by atoms with Gasteiger partial charge >= 0.3 is 0 Å². The third-order valence-corrected chi connectivity index (χ3v) is 2.84. The van der Waals surface area contributed by atoms with Gasteiger partial charge in [0.15, 0.2) is 0 Å². The Labute approximate surface area is 86.6 Å². The largest absolute Gasteiger partial charge is 0.381 e. The fourth-order valence-corrected chi connectivity index (χ4v) is 1.81. The van der Waals surface area contributed by atoms with Gasteiger partial charge in [0.2, 0.25) is 0 Å². The van der Waals surface area contributed by atoms with E-state index in [2.05, 4.69) is 24.8 Å². The lowest BCUT2D eigenvalue weighted by Gasteiger charge is -2.30. The van der Waals surface area contributed by atoms with Crippen molar-refractivity contribution in [3.63, 3.8) is 0 Å². The molecule has 0 unspecified atom stereocenters. The van der Waals surface area contributed by atoms with Gasteiger partial charge in [0.1, 0.15) is 0 Å². The summed E-state index contributed by atoms with van der Waals surface area (Å²) < 4.78 is 5.32. The molecule has 0 bridgehead atoms. The molecule has 1 aliphatic rings. The van der Waals surface area contributed by atoms with E-state index in [0.717, 1.165) is 38.5 Å². The van der Waals surface area contributed by atoms with Crippen molar-refractivity contribution >= 4 is 0 Å². The Kier molecular flexibility index (Phi) is 4.92. The van der Waals surface area contributed by atoms with Gasteiger partial charge in [-0.05, 0) is 32.6 Å². The standard InChI is InChI=1S/C11H20N2O/c1-10(2)13(6-5-12)9-11-3-7-14-8-4-11/h10-11H,3-4,6-9H2,1-2H3. The Hall–Kier alpha value is -0.590. The zero-order valence-corrected chi connectivity index (χ0v) is 9.20. The molecule has 80 valence electrons. The predicted octanol–water partition coefficient (Wildman–Crippen LogP) is 1.65. The Bertz CT molecular complexity index is 192. The summed E-state index contributed by atoms with van der Waals surface area (Å²) in [5.74, 6) is 0.722. The number of hydrogen-bond acceptors (Lipinski definition) is 3. The lowest BCUT2D eigenvalue weighted by molar-refractivity contribution is 0.0502. The molecular formula is C11H20N2O. The highest BCUT2D eigenvalue weighted by atomic mass is 16.5. The molecule has 0 saturated carbocycles. The van der Waals surface area contributed by atoms with Gasteiger partial charge in [-0.1, -0.05) is 0 Å². The molecule has 1 saturated heterocycles. The molecule has 0 atom stereocenters. The first-order chi connectivity index (χ1) is 6.74. The van der Waals surface area contributed by atoms with Gasteiger partial charge in [0.25, 0.3) is 0 Å². The fraction of sp³-hybridized carbons (Fsp3) is 0.909. The van der Waals surface area contributed by atoms with E-state index < -0.39 is 0 Å². The van der Waals surface area contributed by atoms with Gasteiger partial charge in [-0.2, -0.15) is 5.26 Å². The molecule has 0 aromatic carbocycles. The minimum Gasteiger partial charge on any atom is -0.381 e. The Morgan fingerprint density at radius 3 is 2.57 bits per heavy atom. The lowest BCUT2D eigenvalue weighted by atomic mass is 9.99. The monoisotopic (exact) mass is 196 g/mol.